The highest BCUT2D eigenvalue weighted by atomic mass is 35.5. The van der Waals surface area contributed by atoms with Crippen molar-refractivity contribution in [3.63, 3.8) is 0 Å². The Kier molecular flexibility index (Phi) is 7.41. The maximum Gasteiger partial charge on any atom is 0.407 e. The summed E-state index contributed by atoms with van der Waals surface area (Å²) in [5.41, 5.74) is 2.89. The van der Waals surface area contributed by atoms with Crippen LogP contribution in [-0.2, 0) is 0 Å². The summed E-state index contributed by atoms with van der Waals surface area (Å²) in [6.45, 7) is 10.2. The molecule has 1 aliphatic heterocycles. The fourth-order valence-corrected chi connectivity index (χ4v) is 5.72. The molecule has 4 heterocycles. The monoisotopic (exact) mass is 581 g/mol. The van der Waals surface area contributed by atoms with E-state index in [1.807, 2.05) is 63.8 Å². The lowest BCUT2D eigenvalue weighted by atomic mass is 10.0. The Bertz CT molecular complexity index is 1690. The first-order chi connectivity index (χ1) is 19.0. The van der Waals surface area contributed by atoms with Crippen molar-refractivity contribution in [2.24, 2.45) is 0 Å². The summed E-state index contributed by atoms with van der Waals surface area (Å²) in [5, 5.41) is 10.7. The van der Waals surface area contributed by atoms with Gasteiger partial charge in [-0.05, 0) is 38.3 Å². The van der Waals surface area contributed by atoms with Crippen LogP contribution in [0.2, 0.25) is 10.2 Å². The van der Waals surface area contributed by atoms with Crippen molar-refractivity contribution in [2.75, 3.05) is 18.0 Å². The molecule has 0 spiro atoms. The van der Waals surface area contributed by atoms with Crippen LogP contribution in [0.1, 0.15) is 44.9 Å². The van der Waals surface area contributed by atoms with E-state index in [-0.39, 0.29) is 29.7 Å². The molecule has 1 amide bonds. The molecular weight excluding hydrogens is 553 g/mol. The fraction of sp³-hybridized carbons (Fsp3) is 0.357. The Morgan fingerprint density at radius 3 is 2.48 bits per heavy atom. The van der Waals surface area contributed by atoms with Crippen molar-refractivity contribution in [3.05, 3.63) is 68.6 Å². The second-order valence-corrected chi connectivity index (χ2v) is 11.2. The zero-order valence-electron chi connectivity index (χ0n) is 22.8. The summed E-state index contributed by atoms with van der Waals surface area (Å²) in [6.07, 6.45) is 0.379. The van der Waals surface area contributed by atoms with Crippen molar-refractivity contribution in [2.45, 2.75) is 52.6 Å². The molecular formula is C28H29Cl2N7O3. The van der Waals surface area contributed by atoms with E-state index in [9.17, 15) is 14.7 Å². The second kappa shape index (κ2) is 10.7. The molecule has 0 saturated carbocycles. The van der Waals surface area contributed by atoms with Gasteiger partial charge in [0.1, 0.15) is 17.8 Å². The van der Waals surface area contributed by atoms with Gasteiger partial charge in [0.15, 0.2) is 10.8 Å². The highest BCUT2D eigenvalue weighted by molar-refractivity contribution is 6.34. The number of hydrogen-bond donors (Lipinski definition) is 1. The Morgan fingerprint density at radius 2 is 1.80 bits per heavy atom. The van der Waals surface area contributed by atoms with Gasteiger partial charge in [-0.15, -0.1) is 0 Å². The van der Waals surface area contributed by atoms with E-state index < -0.39 is 11.8 Å². The number of piperazine rings is 1. The third-order valence-corrected chi connectivity index (χ3v) is 7.85. The number of anilines is 1. The van der Waals surface area contributed by atoms with Gasteiger partial charge in [-0.2, -0.15) is 4.98 Å². The molecule has 1 fully saturated rings. The number of aryl methyl sites for hydroxylation is 1. The number of hydrogen-bond acceptors (Lipinski definition) is 7. The first kappa shape index (κ1) is 27.8. The molecule has 1 aromatic carbocycles. The molecule has 40 heavy (non-hydrogen) atoms. The third kappa shape index (κ3) is 4.75. The number of amides is 1. The van der Waals surface area contributed by atoms with Gasteiger partial charge >= 0.3 is 11.8 Å². The zero-order chi connectivity index (χ0) is 28.9. The SMILES string of the molecule is Cc1ccccc1-c1nc2c(cc1Cl)c(N1C[C@@H](C)N(C(=O)O)C[C@@H]1C)nc(=O)n2-c1c(Cl)ncnc1C(C)C. The lowest BCUT2D eigenvalue weighted by molar-refractivity contribution is 0.114. The predicted molar refractivity (Wildman–Crippen MR) is 156 cm³/mol. The standard InChI is InChI=1S/C28H29Cl2N7O3/c1-14(2)21-23(24(30)32-13-31-21)37-26-19(10-20(29)22(33-26)18-9-7-6-8-15(18)3)25(34-27(37)38)35-11-17(5)36(28(39)40)12-16(35)4/h6-10,13-14,16-17H,11-12H2,1-5H3,(H,39,40)/t16-,17+/m0/s1. The van der Waals surface area contributed by atoms with E-state index in [0.29, 0.717) is 45.5 Å². The number of carboxylic acid groups (broad SMARTS) is 1. The van der Waals surface area contributed by atoms with Crippen molar-refractivity contribution in [1.82, 2.24) is 29.4 Å². The molecule has 10 nitrogen and oxygen atoms in total. The molecule has 0 aliphatic carbocycles. The highest BCUT2D eigenvalue weighted by Crippen LogP contribution is 2.37. The Hall–Kier alpha value is -3.76. The third-order valence-electron chi connectivity index (χ3n) is 7.28. The average Bonchev–Trinajstić information content (AvgIpc) is 2.90. The molecule has 12 heteroatoms. The molecule has 208 valence electrons. The topological polar surface area (TPSA) is 117 Å². The number of halogens is 2. The first-order valence-electron chi connectivity index (χ1n) is 13.0. The number of benzene rings is 1. The summed E-state index contributed by atoms with van der Waals surface area (Å²) in [4.78, 5) is 47.1. The van der Waals surface area contributed by atoms with Crippen LogP contribution in [0, 0.1) is 6.92 Å². The van der Waals surface area contributed by atoms with Gasteiger partial charge in [0.25, 0.3) is 0 Å². The van der Waals surface area contributed by atoms with E-state index >= 15 is 0 Å². The minimum absolute atomic E-state index is 0.0785. The second-order valence-electron chi connectivity index (χ2n) is 10.4. The van der Waals surface area contributed by atoms with Crippen LogP contribution in [0.25, 0.3) is 28.0 Å². The van der Waals surface area contributed by atoms with Gasteiger partial charge in [-0.25, -0.2) is 29.1 Å². The molecule has 1 aliphatic rings. The van der Waals surface area contributed by atoms with Crippen LogP contribution in [-0.4, -0.2) is 65.8 Å². The molecule has 5 rings (SSSR count). The Balaban J connectivity index is 1.85. The first-order valence-corrected chi connectivity index (χ1v) is 13.7. The number of nitrogens with zero attached hydrogens (tertiary/aromatic N) is 7. The molecule has 1 saturated heterocycles. The normalized spacial score (nSPS) is 17.6. The lowest BCUT2D eigenvalue weighted by Crippen LogP contribution is -2.58. The number of aromatic nitrogens is 5. The lowest BCUT2D eigenvalue weighted by Gasteiger charge is -2.43. The van der Waals surface area contributed by atoms with Gasteiger partial charge in [-0.1, -0.05) is 61.3 Å². The van der Waals surface area contributed by atoms with E-state index in [1.165, 1.54) is 15.8 Å². The zero-order valence-corrected chi connectivity index (χ0v) is 24.3. The molecule has 0 radical (unpaired) electrons. The van der Waals surface area contributed by atoms with E-state index in [0.717, 1.165) is 11.1 Å². The van der Waals surface area contributed by atoms with Crippen molar-refractivity contribution >= 4 is 46.1 Å². The molecule has 0 unspecified atom stereocenters. The maximum atomic E-state index is 13.9. The van der Waals surface area contributed by atoms with Crippen LogP contribution in [0.15, 0.2) is 41.5 Å². The van der Waals surface area contributed by atoms with Crippen LogP contribution in [0.3, 0.4) is 0 Å². The van der Waals surface area contributed by atoms with Crippen LogP contribution in [0.4, 0.5) is 10.6 Å². The van der Waals surface area contributed by atoms with Crippen molar-refractivity contribution in [3.8, 4) is 16.9 Å². The van der Waals surface area contributed by atoms with Gasteiger partial charge in [0.05, 0.1) is 21.8 Å². The van der Waals surface area contributed by atoms with Crippen LogP contribution in [0.5, 0.6) is 0 Å². The van der Waals surface area contributed by atoms with Crippen molar-refractivity contribution in [1.29, 1.82) is 0 Å². The quantitative estimate of drug-likeness (QED) is 0.311. The summed E-state index contributed by atoms with van der Waals surface area (Å²) >= 11 is 13.5. The van der Waals surface area contributed by atoms with Gasteiger partial charge < -0.3 is 14.9 Å². The van der Waals surface area contributed by atoms with Gasteiger partial charge in [0.2, 0.25) is 0 Å². The maximum absolute atomic E-state index is 13.9. The van der Waals surface area contributed by atoms with Gasteiger partial charge in [-0.3, -0.25) is 0 Å². The molecule has 0 bridgehead atoms. The Morgan fingerprint density at radius 1 is 1.07 bits per heavy atom. The van der Waals surface area contributed by atoms with E-state index in [4.69, 9.17) is 28.2 Å². The molecule has 4 aromatic rings. The van der Waals surface area contributed by atoms with Gasteiger partial charge in [0, 0.05) is 30.7 Å². The Labute approximate surface area is 241 Å². The summed E-state index contributed by atoms with van der Waals surface area (Å²) in [6, 6.07) is 8.90. The van der Waals surface area contributed by atoms with Crippen LogP contribution < -0.4 is 10.6 Å². The number of rotatable bonds is 4. The number of carbonyl (C=O) groups is 1. The highest BCUT2D eigenvalue weighted by Gasteiger charge is 2.34. The summed E-state index contributed by atoms with van der Waals surface area (Å²) in [7, 11) is 0. The molecule has 2 atom stereocenters. The van der Waals surface area contributed by atoms with E-state index in [1.54, 1.807) is 6.07 Å². The minimum atomic E-state index is -0.986. The molecule has 3 aromatic heterocycles. The molecule has 1 N–H and O–H groups in total. The average molecular weight is 582 g/mol. The van der Waals surface area contributed by atoms with Crippen LogP contribution >= 0.6 is 23.2 Å². The number of pyridine rings is 1. The summed E-state index contributed by atoms with van der Waals surface area (Å²) in [5.74, 6) is 0.302. The number of fused-ring (bicyclic) bond motifs is 1. The smallest absolute Gasteiger partial charge is 0.407 e. The fourth-order valence-electron chi connectivity index (χ4n) is 5.24. The minimum Gasteiger partial charge on any atom is -0.465 e. The van der Waals surface area contributed by atoms with E-state index in [2.05, 4.69) is 15.0 Å². The predicted octanol–water partition coefficient (Wildman–Crippen LogP) is 5.55. The largest absolute Gasteiger partial charge is 0.465 e. The van der Waals surface area contributed by atoms with Crippen molar-refractivity contribution < 1.29 is 9.90 Å². The summed E-state index contributed by atoms with van der Waals surface area (Å²) < 4.78 is 1.36.